The van der Waals surface area contributed by atoms with Crippen LogP contribution in [0.3, 0.4) is 0 Å². The maximum Gasteiger partial charge on any atom is 0.323 e. The number of rotatable bonds is 2. The molecule has 21 heavy (non-hydrogen) atoms. The van der Waals surface area contributed by atoms with E-state index >= 15 is 0 Å². The van der Waals surface area contributed by atoms with Crippen molar-refractivity contribution in [1.29, 1.82) is 0 Å². The van der Waals surface area contributed by atoms with Gasteiger partial charge in [0.15, 0.2) is 0 Å². The highest BCUT2D eigenvalue weighted by Gasteiger charge is 2.09. The van der Waals surface area contributed by atoms with Crippen LogP contribution in [-0.4, -0.2) is 16.2 Å². The summed E-state index contributed by atoms with van der Waals surface area (Å²) in [5.41, 5.74) is 4.14. The number of aromatic hydroxyl groups is 2. The summed E-state index contributed by atoms with van der Waals surface area (Å²) in [6, 6.07) is 7.45. The van der Waals surface area contributed by atoms with E-state index in [9.17, 15) is 15.0 Å². The van der Waals surface area contributed by atoms with E-state index in [1.807, 2.05) is 32.9 Å². The first-order chi connectivity index (χ1) is 9.85. The summed E-state index contributed by atoms with van der Waals surface area (Å²) in [7, 11) is 0. The normalized spacial score (nSPS) is 10.2. The molecule has 4 N–H and O–H groups in total. The second kappa shape index (κ2) is 5.75. The predicted molar refractivity (Wildman–Crippen MR) is 83.1 cm³/mol. The van der Waals surface area contributed by atoms with Gasteiger partial charge < -0.3 is 20.8 Å². The van der Waals surface area contributed by atoms with Crippen LogP contribution in [0.25, 0.3) is 0 Å². The fourth-order valence-electron chi connectivity index (χ4n) is 2.32. The van der Waals surface area contributed by atoms with Crippen molar-refractivity contribution in [1.82, 2.24) is 0 Å². The summed E-state index contributed by atoms with van der Waals surface area (Å²) in [4.78, 5) is 12.0. The molecule has 2 aromatic rings. The van der Waals surface area contributed by atoms with E-state index in [1.54, 1.807) is 0 Å². The minimum absolute atomic E-state index is 0.118. The minimum Gasteiger partial charge on any atom is -0.508 e. The van der Waals surface area contributed by atoms with E-state index in [0.29, 0.717) is 5.69 Å². The highest BCUT2D eigenvalue weighted by atomic mass is 16.3. The van der Waals surface area contributed by atoms with Gasteiger partial charge in [-0.1, -0.05) is 17.7 Å². The Morgan fingerprint density at radius 3 is 1.90 bits per heavy atom. The number of carbonyl (C=O) groups is 1. The Morgan fingerprint density at radius 2 is 1.38 bits per heavy atom. The second-order valence-corrected chi connectivity index (χ2v) is 5.09. The zero-order valence-electron chi connectivity index (χ0n) is 12.2. The van der Waals surface area contributed by atoms with Gasteiger partial charge in [0.1, 0.15) is 11.5 Å². The van der Waals surface area contributed by atoms with E-state index < -0.39 is 6.03 Å². The van der Waals surface area contributed by atoms with Crippen molar-refractivity contribution in [3.63, 3.8) is 0 Å². The second-order valence-electron chi connectivity index (χ2n) is 5.09. The number of amides is 2. The standard InChI is InChI=1S/C16H18N2O3/c1-9-4-10(2)15(11(3)5-9)18-16(21)17-12-6-13(19)8-14(20)7-12/h4-8,19-20H,1-3H3,(H2,17,18,21). The average Bonchev–Trinajstić information content (AvgIpc) is 2.32. The summed E-state index contributed by atoms with van der Waals surface area (Å²) >= 11 is 0. The van der Waals surface area contributed by atoms with Gasteiger partial charge in [-0.2, -0.15) is 0 Å². The number of carbonyl (C=O) groups excluding carboxylic acids is 1. The lowest BCUT2D eigenvalue weighted by molar-refractivity contribution is 0.262. The van der Waals surface area contributed by atoms with Crippen molar-refractivity contribution >= 4 is 17.4 Å². The number of phenols is 2. The lowest BCUT2D eigenvalue weighted by atomic mass is 10.1. The molecule has 5 heteroatoms. The van der Waals surface area contributed by atoms with Crippen LogP contribution in [0.1, 0.15) is 16.7 Å². The molecule has 0 saturated heterocycles. The van der Waals surface area contributed by atoms with E-state index in [0.717, 1.165) is 22.4 Å². The van der Waals surface area contributed by atoms with Crippen LogP contribution >= 0.6 is 0 Å². The molecule has 2 aromatic carbocycles. The van der Waals surface area contributed by atoms with Crippen molar-refractivity contribution < 1.29 is 15.0 Å². The molecule has 0 saturated carbocycles. The number of phenolic OH excluding ortho intramolecular Hbond substituents is 2. The maximum absolute atomic E-state index is 12.0. The molecule has 0 unspecified atom stereocenters. The fourth-order valence-corrected chi connectivity index (χ4v) is 2.32. The Bertz CT molecular complexity index is 653. The SMILES string of the molecule is Cc1cc(C)c(NC(=O)Nc2cc(O)cc(O)c2)c(C)c1. The molecular formula is C16H18N2O3. The van der Waals surface area contributed by atoms with Crippen LogP contribution in [0, 0.1) is 20.8 Å². The van der Waals surface area contributed by atoms with Gasteiger partial charge in [-0.3, -0.25) is 0 Å². The first-order valence-corrected chi connectivity index (χ1v) is 6.54. The quantitative estimate of drug-likeness (QED) is 0.680. The summed E-state index contributed by atoms with van der Waals surface area (Å²) in [6.07, 6.45) is 0. The smallest absolute Gasteiger partial charge is 0.323 e. The molecule has 0 aliphatic rings. The third kappa shape index (κ3) is 3.66. The topological polar surface area (TPSA) is 81.6 Å². The molecule has 0 aliphatic heterocycles. The Kier molecular flexibility index (Phi) is 4.03. The summed E-state index contributed by atoms with van der Waals surface area (Å²) in [5, 5.41) is 24.1. The summed E-state index contributed by atoms with van der Waals surface area (Å²) < 4.78 is 0. The Morgan fingerprint density at radius 1 is 0.857 bits per heavy atom. The van der Waals surface area contributed by atoms with Crippen molar-refractivity contribution in [3.8, 4) is 11.5 Å². The molecule has 0 bridgehead atoms. The Hall–Kier alpha value is -2.69. The molecule has 0 aromatic heterocycles. The van der Waals surface area contributed by atoms with E-state index in [-0.39, 0.29) is 11.5 Å². The Balaban J connectivity index is 2.15. The number of aryl methyl sites for hydroxylation is 3. The lowest BCUT2D eigenvalue weighted by Gasteiger charge is -2.14. The van der Waals surface area contributed by atoms with Gasteiger partial charge in [-0.15, -0.1) is 0 Å². The third-order valence-corrected chi connectivity index (χ3v) is 3.08. The van der Waals surface area contributed by atoms with Crippen molar-refractivity contribution in [2.45, 2.75) is 20.8 Å². The molecule has 0 atom stereocenters. The monoisotopic (exact) mass is 286 g/mol. The highest BCUT2D eigenvalue weighted by molar-refractivity contribution is 6.01. The molecular weight excluding hydrogens is 268 g/mol. The van der Waals surface area contributed by atoms with Gasteiger partial charge in [0.2, 0.25) is 0 Å². The van der Waals surface area contributed by atoms with Crippen LogP contribution in [0.5, 0.6) is 11.5 Å². The van der Waals surface area contributed by atoms with Crippen LogP contribution in [-0.2, 0) is 0 Å². The van der Waals surface area contributed by atoms with Gasteiger partial charge >= 0.3 is 6.03 Å². The first kappa shape index (κ1) is 14.7. The molecule has 0 spiro atoms. The van der Waals surface area contributed by atoms with Crippen LogP contribution in [0.15, 0.2) is 30.3 Å². The lowest BCUT2D eigenvalue weighted by Crippen LogP contribution is -2.20. The minimum atomic E-state index is -0.435. The third-order valence-electron chi connectivity index (χ3n) is 3.08. The number of urea groups is 1. The zero-order chi connectivity index (χ0) is 15.6. The van der Waals surface area contributed by atoms with Gasteiger partial charge in [0.25, 0.3) is 0 Å². The molecule has 2 rings (SSSR count). The van der Waals surface area contributed by atoms with Crippen LogP contribution in [0.2, 0.25) is 0 Å². The average molecular weight is 286 g/mol. The number of anilines is 2. The largest absolute Gasteiger partial charge is 0.508 e. The highest BCUT2D eigenvalue weighted by Crippen LogP contribution is 2.25. The van der Waals surface area contributed by atoms with Gasteiger partial charge in [0, 0.05) is 29.6 Å². The van der Waals surface area contributed by atoms with E-state index in [4.69, 9.17) is 0 Å². The Labute approximate surface area is 123 Å². The molecule has 0 heterocycles. The van der Waals surface area contributed by atoms with Crippen molar-refractivity contribution in [2.75, 3.05) is 10.6 Å². The molecule has 0 aliphatic carbocycles. The molecule has 110 valence electrons. The molecule has 0 fully saturated rings. The van der Waals surface area contributed by atoms with Gasteiger partial charge in [-0.25, -0.2) is 4.79 Å². The first-order valence-electron chi connectivity index (χ1n) is 6.54. The van der Waals surface area contributed by atoms with Crippen molar-refractivity contribution in [2.24, 2.45) is 0 Å². The van der Waals surface area contributed by atoms with Crippen LogP contribution in [0.4, 0.5) is 16.2 Å². The van der Waals surface area contributed by atoms with Gasteiger partial charge in [-0.05, 0) is 31.9 Å². The zero-order valence-corrected chi connectivity index (χ0v) is 12.2. The number of hydrogen-bond acceptors (Lipinski definition) is 3. The fraction of sp³-hybridized carbons (Fsp3) is 0.188. The molecule has 0 radical (unpaired) electrons. The van der Waals surface area contributed by atoms with E-state index in [1.165, 1.54) is 18.2 Å². The molecule has 2 amide bonds. The van der Waals surface area contributed by atoms with E-state index in [2.05, 4.69) is 10.6 Å². The van der Waals surface area contributed by atoms with Crippen molar-refractivity contribution in [3.05, 3.63) is 47.0 Å². The van der Waals surface area contributed by atoms with Gasteiger partial charge in [0.05, 0.1) is 0 Å². The summed E-state index contributed by atoms with van der Waals surface area (Å²) in [5.74, 6) is -0.235. The molecule has 5 nitrogen and oxygen atoms in total. The number of benzene rings is 2. The predicted octanol–water partition coefficient (Wildman–Crippen LogP) is 3.67. The summed E-state index contributed by atoms with van der Waals surface area (Å²) in [6.45, 7) is 5.85. The number of nitrogens with one attached hydrogen (secondary N) is 2. The number of hydrogen-bond donors (Lipinski definition) is 4. The van der Waals surface area contributed by atoms with Crippen LogP contribution < -0.4 is 10.6 Å². The maximum atomic E-state index is 12.0.